The molecule has 0 bridgehead atoms. The summed E-state index contributed by atoms with van der Waals surface area (Å²) in [4.78, 5) is 12.4. The number of unbranched alkanes of at least 4 members (excludes halogenated alkanes) is 1. The number of halogens is 2. The Morgan fingerprint density at radius 2 is 1.72 bits per heavy atom. The molecule has 0 spiro atoms. The second-order valence-corrected chi connectivity index (χ2v) is 8.06. The summed E-state index contributed by atoms with van der Waals surface area (Å²) in [5, 5.41) is 10.6. The van der Waals surface area contributed by atoms with E-state index in [9.17, 15) is 14.5 Å². The van der Waals surface area contributed by atoms with Crippen LogP contribution in [0.5, 0.6) is 0 Å². The van der Waals surface area contributed by atoms with Crippen LogP contribution in [0.1, 0.15) is 53.9 Å². The molecule has 0 aromatic heterocycles. The predicted octanol–water partition coefficient (Wildman–Crippen LogP) is 4.03. The SMILES string of the molecule is CCCCC1=C(OC(C)C)C(O)(C(F)(F)P(=O)(OCC)OCC)C1=O. The van der Waals surface area contributed by atoms with Crippen molar-refractivity contribution < 1.29 is 37.0 Å². The second kappa shape index (κ2) is 8.25. The topological polar surface area (TPSA) is 82.1 Å². The molecule has 0 aromatic rings. The van der Waals surface area contributed by atoms with E-state index < -0.39 is 36.5 Å². The molecule has 1 atom stereocenters. The third-order valence-corrected chi connectivity index (χ3v) is 5.92. The molecule has 0 aliphatic heterocycles. The van der Waals surface area contributed by atoms with Crippen molar-refractivity contribution in [2.24, 2.45) is 0 Å². The van der Waals surface area contributed by atoms with Crippen LogP contribution in [-0.4, -0.2) is 41.5 Å². The van der Waals surface area contributed by atoms with Crippen molar-refractivity contribution in [2.45, 2.75) is 71.2 Å². The van der Waals surface area contributed by atoms with Gasteiger partial charge in [-0.2, -0.15) is 8.78 Å². The van der Waals surface area contributed by atoms with E-state index in [1.54, 1.807) is 13.8 Å². The number of rotatable bonds is 11. The first-order valence-electron chi connectivity index (χ1n) is 8.47. The van der Waals surface area contributed by atoms with Crippen LogP contribution in [0.2, 0.25) is 0 Å². The summed E-state index contributed by atoms with van der Waals surface area (Å²) in [5.74, 6) is -1.73. The van der Waals surface area contributed by atoms with Crippen LogP contribution in [0.4, 0.5) is 8.78 Å². The van der Waals surface area contributed by atoms with E-state index >= 15 is 8.78 Å². The van der Waals surface area contributed by atoms with Gasteiger partial charge >= 0.3 is 13.3 Å². The number of ketones is 1. The van der Waals surface area contributed by atoms with Gasteiger partial charge in [-0.1, -0.05) is 13.3 Å². The molecule has 0 aromatic carbocycles. The van der Waals surface area contributed by atoms with Crippen LogP contribution in [0, 0.1) is 0 Å². The predicted molar refractivity (Wildman–Crippen MR) is 88.5 cm³/mol. The minimum Gasteiger partial charge on any atom is -0.491 e. The van der Waals surface area contributed by atoms with E-state index in [0.717, 1.165) is 6.42 Å². The number of aliphatic hydroxyl groups is 1. The van der Waals surface area contributed by atoms with Gasteiger partial charge in [-0.15, -0.1) is 0 Å². The molecule has 146 valence electrons. The van der Waals surface area contributed by atoms with Gasteiger partial charge < -0.3 is 18.9 Å². The van der Waals surface area contributed by atoms with Gasteiger partial charge in [0.15, 0.2) is 5.76 Å². The lowest BCUT2D eigenvalue weighted by Crippen LogP contribution is -2.63. The standard InChI is InChI=1S/C16H27F2O6P/c1-6-9-10-12-13(19)15(20,14(12)24-11(4)5)16(17,18)25(21,22-7-2)23-8-3/h11,20H,6-10H2,1-5H3. The van der Waals surface area contributed by atoms with Crippen molar-refractivity contribution in [2.75, 3.05) is 13.2 Å². The van der Waals surface area contributed by atoms with Crippen molar-refractivity contribution in [1.29, 1.82) is 0 Å². The molecule has 6 nitrogen and oxygen atoms in total. The Balaban J connectivity index is 3.41. The van der Waals surface area contributed by atoms with E-state index in [0.29, 0.717) is 6.42 Å². The minimum atomic E-state index is -5.10. The lowest BCUT2D eigenvalue weighted by Gasteiger charge is -2.45. The molecule has 0 fully saturated rings. The van der Waals surface area contributed by atoms with E-state index in [2.05, 4.69) is 9.05 Å². The molecule has 0 saturated heterocycles. The molecule has 0 radical (unpaired) electrons. The average molecular weight is 384 g/mol. The van der Waals surface area contributed by atoms with E-state index in [1.807, 2.05) is 6.92 Å². The highest BCUT2D eigenvalue weighted by atomic mass is 31.2. The van der Waals surface area contributed by atoms with E-state index in [-0.39, 0.29) is 25.2 Å². The Morgan fingerprint density at radius 1 is 1.20 bits per heavy atom. The molecular formula is C16H27F2O6P. The first-order chi connectivity index (χ1) is 11.5. The van der Waals surface area contributed by atoms with Gasteiger partial charge in [0.1, 0.15) is 0 Å². The first-order valence-corrected chi connectivity index (χ1v) is 10.0. The van der Waals surface area contributed by atoms with Gasteiger partial charge in [0.05, 0.1) is 19.3 Å². The number of ether oxygens (including phenoxy) is 1. The molecule has 1 aliphatic carbocycles. The Labute approximate surface area is 147 Å². The van der Waals surface area contributed by atoms with Crippen molar-refractivity contribution >= 4 is 13.4 Å². The summed E-state index contributed by atoms with van der Waals surface area (Å²) < 4.78 is 57.3. The van der Waals surface area contributed by atoms with Crippen LogP contribution < -0.4 is 0 Å². The molecule has 0 amide bonds. The Hall–Kier alpha value is -0.820. The highest BCUT2D eigenvalue weighted by Gasteiger charge is 2.77. The Kier molecular flexibility index (Phi) is 7.33. The van der Waals surface area contributed by atoms with Gasteiger partial charge in [0.2, 0.25) is 5.78 Å². The molecule has 0 heterocycles. The maximum absolute atomic E-state index is 15.0. The third-order valence-electron chi connectivity index (χ3n) is 3.72. The number of alkyl halides is 2. The molecule has 1 unspecified atom stereocenters. The van der Waals surface area contributed by atoms with Crippen LogP contribution >= 0.6 is 7.60 Å². The molecule has 1 N–H and O–H groups in total. The molecular weight excluding hydrogens is 357 g/mol. The second-order valence-electron chi connectivity index (χ2n) is 5.99. The zero-order chi connectivity index (χ0) is 19.5. The average Bonchev–Trinajstić information content (AvgIpc) is 2.53. The lowest BCUT2D eigenvalue weighted by molar-refractivity contribution is -0.178. The Bertz CT molecular complexity index is 565. The zero-order valence-electron chi connectivity index (χ0n) is 15.3. The zero-order valence-corrected chi connectivity index (χ0v) is 16.2. The highest BCUT2D eigenvalue weighted by molar-refractivity contribution is 7.55. The summed E-state index contributed by atoms with van der Waals surface area (Å²) >= 11 is 0. The normalized spacial score (nSPS) is 21.7. The largest absolute Gasteiger partial charge is 0.491 e. The fourth-order valence-electron chi connectivity index (χ4n) is 2.56. The summed E-state index contributed by atoms with van der Waals surface area (Å²) in [6.45, 7) is 7.11. The number of carbonyl (C=O) groups excluding carboxylic acids is 1. The van der Waals surface area contributed by atoms with E-state index in [4.69, 9.17) is 4.74 Å². The fraction of sp³-hybridized carbons (Fsp3) is 0.812. The molecule has 1 aliphatic rings. The number of carbonyl (C=O) groups is 1. The molecule has 0 saturated carbocycles. The number of hydrogen-bond donors (Lipinski definition) is 1. The van der Waals surface area contributed by atoms with Crippen LogP contribution in [0.25, 0.3) is 0 Å². The van der Waals surface area contributed by atoms with Crippen LogP contribution in [0.3, 0.4) is 0 Å². The van der Waals surface area contributed by atoms with Gasteiger partial charge in [0, 0.05) is 5.57 Å². The molecule has 25 heavy (non-hydrogen) atoms. The van der Waals surface area contributed by atoms with Gasteiger partial charge in [-0.3, -0.25) is 9.36 Å². The Morgan fingerprint density at radius 3 is 2.12 bits per heavy atom. The monoisotopic (exact) mass is 384 g/mol. The lowest BCUT2D eigenvalue weighted by atomic mass is 9.75. The highest BCUT2D eigenvalue weighted by Crippen LogP contribution is 2.69. The van der Waals surface area contributed by atoms with Crippen LogP contribution in [-0.2, 0) is 23.1 Å². The molecule has 9 heteroatoms. The quantitative estimate of drug-likeness (QED) is 0.542. The van der Waals surface area contributed by atoms with Gasteiger partial charge in [-0.05, 0) is 40.5 Å². The summed E-state index contributed by atoms with van der Waals surface area (Å²) in [6, 6.07) is 0. The van der Waals surface area contributed by atoms with Crippen LogP contribution in [0.15, 0.2) is 11.3 Å². The first kappa shape index (κ1) is 22.2. The van der Waals surface area contributed by atoms with Crippen molar-refractivity contribution in [1.82, 2.24) is 0 Å². The van der Waals surface area contributed by atoms with Gasteiger partial charge in [-0.25, -0.2) is 0 Å². The maximum Gasteiger partial charge on any atom is 0.403 e. The van der Waals surface area contributed by atoms with Crippen molar-refractivity contribution in [3.8, 4) is 0 Å². The fourth-order valence-corrected chi connectivity index (χ4v) is 4.24. The van der Waals surface area contributed by atoms with E-state index in [1.165, 1.54) is 13.8 Å². The summed E-state index contributed by atoms with van der Waals surface area (Å²) in [5.41, 5.74) is -7.82. The van der Waals surface area contributed by atoms with Crippen molar-refractivity contribution in [3.63, 3.8) is 0 Å². The number of Topliss-reactive ketones (excluding diaryl/α,β-unsaturated/α-hetero) is 1. The maximum atomic E-state index is 15.0. The molecule has 1 rings (SSSR count). The smallest absolute Gasteiger partial charge is 0.403 e. The van der Waals surface area contributed by atoms with Crippen molar-refractivity contribution in [3.05, 3.63) is 11.3 Å². The van der Waals surface area contributed by atoms with Gasteiger partial charge in [0.25, 0.3) is 5.60 Å². The number of hydrogen-bond acceptors (Lipinski definition) is 6. The summed E-state index contributed by atoms with van der Waals surface area (Å²) in [6.07, 6.45) is 0.948. The third kappa shape index (κ3) is 3.68. The summed E-state index contributed by atoms with van der Waals surface area (Å²) in [7, 11) is -5.10. The minimum absolute atomic E-state index is 0.00253.